The van der Waals surface area contributed by atoms with Crippen LogP contribution in [0.1, 0.15) is 25.3 Å². The van der Waals surface area contributed by atoms with E-state index in [1.54, 1.807) is 0 Å². The molecule has 0 aliphatic rings. The van der Waals surface area contributed by atoms with E-state index >= 15 is 0 Å². The zero-order valence-electron chi connectivity index (χ0n) is 10.0. The zero-order valence-corrected chi connectivity index (χ0v) is 10.0. The SMILES string of the molecule is CCc1cc(NN)nc(-c2ccc(CC)o2)n1. The van der Waals surface area contributed by atoms with E-state index < -0.39 is 0 Å². The van der Waals surface area contributed by atoms with Crippen LogP contribution in [0.25, 0.3) is 11.6 Å². The second-order valence-corrected chi connectivity index (χ2v) is 3.69. The van der Waals surface area contributed by atoms with Crippen molar-refractivity contribution in [1.29, 1.82) is 0 Å². The molecule has 0 aliphatic carbocycles. The van der Waals surface area contributed by atoms with Crippen LogP contribution in [0, 0.1) is 0 Å². The number of hydrogen-bond acceptors (Lipinski definition) is 5. The second kappa shape index (κ2) is 4.97. The molecule has 0 spiro atoms. The zero-order chi connectivity index (χ0) is 12.3. The molecule has 3 N–H and O–H groups in total. The molecular formula is C12H16N4O. The predicted molar refractivity (Wildman–Crippen MR) is 66.3 cm³/mol. The topological polar surface area (TPSA) is 77.0 Å². The summed E-state index contributed by atoms with van der Waals surface area (Å²) in [5.41, 5.74) is 3.47. The molecular weight excluding hydrogens is 216 g/mol. The number of hydrazine groups is 1. The number of hydrogen-bond donors (Lipinski definition) is 2. The van der Waals surface area contributed by atoms with Gasteiger partial charge >= 0.3 is 0 Å². The summed E-state index contributed by atoms with van der Waals surface area (Å²) in [6.45, 7) is 4.07. The summed E-state index contributed by atoms with van der Waals surface area (Å²) in [6, 6.07) is 5.65. The number of rotatable bonds is 4. The smallest absolute Gasteiger partial charge is 0.197 e. The van der Waals surface area contributed by atoms with Crippen LogP contribution in [-0.4, -0.2) is 9.97 Å². The molecule has 2 aromatic heterocycles. The number of aromatic nitrogens is 2. The van der Waals surface area contributed by atoms with Crippen LogP contribution in [0.4, 0.5) is 5.82 Å². The number of nitrogens with zero attached hydrogens (tertiary/aromatic N) is 2. The summed E-state index contributed by atoms with van der Waals surface area (Å²) in [7, 11) is 0. The first kappa shape index (κ1) is 11.6. The van der Waals surface area contributed by atoms with E-state index in [1.807, 2.05) is 32.0 Å². The molecule has 5 nitrogen and oxygen atoms in total. The molecule has 2 heterocycles. The van der Waals surface area contributed by atoms with E-state index in [-0.39, 0.29) is 0 Å². The quantitative estimate of drug-likeness (QED) is 0.624. The lowest BCUT2D eigenvalue weighted by molar-refractivity contribution is 0.525. The average molecular weight is 232 g/mol. The van der Waals surface area contributed by atoms with E-state index in [0.717, 1.165) is 24.3 Å². The fourth-order valence-corrected chi connectivity index (χ4v) is 1.55. The summed E-state index contributed by atoms with van der Waals surface area (Å²) in [4.78, 5) is 8.69. The van der Waals surface area contributed by atoms with Gasteiger partial charge in [-0.15, -0.1) is 0 Å². The summed E-state index contributed by atoms with van der Waals surface area (Å²) >= 11 is 0. The minimum absolute atomic E-state index is 0.567. The highest BCUT2D eigenvalue weighted by molar-refractivity contribution is 5.51. The lowest BCUT2D eigenvalue weighted by Crippen LogP contribution is -2.10. The van der Waals surface area contributed by atoms with Crippen LogP contribution in [-0.2, 0) is 12.8 Å². The molecule has 0 atom stereocenters. The highest BCUT2D eigenvalue weighted by Crippen LogP contribution is 2.21. The Morgan fingerprint density at radius 3 is 2.65 bits per heavy atom. The largest absolute Gasteiger partial charge is 0.458 e. The van der Waals surface area contributed by atoms with Crippen LogP contribution < -0.4 is 11.3 Å². The van der Waals surface area contributed by atoms with E-state index in [9.17, 15) is 0 Å². The van der Waals surface area contributed by atoms with E-state index in [0.29, 0.717) is 17.4 Å². The maximum Gasteiger partial charge on any atom is 0.197 e. The van der Waals surface area contributed by atoms with Crippen LogP contribution in [0.3, 0.4) is 0 Å². The van der Waals surface area contributed by atoms with Gasteiger partial charge in [-0.2, -0.15) is 0 Å². The number of aryl methyl sites for hydroxylation is 2. The highest BCUT2D eigenvalue weighted by Gasteiger charge is 2.09. The van der Waals surface area contributed by atoms with Crippen molar-refractivity contribution in [3.63, 3.8) is 0 Å². The van der Waals surface area contributed by atoms with Crippen LogP contribution in [0.5, 0.6) is 0 Å². The lowest BCUT2D eigenvalue weighted by atomic mass is 10.3. The Balaban J connectivity index is 2.43. The maximum atomic E-state index is 5.62. The Hall–Kier alpha value is -1.88. The maximum absolute atomic E-state index is 5.62. The predicted octanol–water partition coefficient (Wildman–Crippen LogP) is 2.15. The number of nitrogens with two attached hydrogens (primary N) is 1. The molecule has 0 amide bonds. The Labute approximate surface area is 100 Å². The van der Waals surface area contributed by atoms with Gasteiger partial charge in [0.2, 0.25) is 0 Å². The van der Waals surface area contributed by atoms with E-state index in [2.05, 4.69) is 15.4 Å². The Kier molecular flexibility index (Phi) is 3.39. The van der Waals surface area contributed by atoms with Crippen LogP contribution in [0.15, 0.2) is 22.6 Å². The standard InChI is InChI=1S/C12H16N4O/c1-3-8-7-11(16-13)15-12(14-8)10-6-5-9(4-2)17-10/h5-7H,3-4,13H2,1-2H3,(H,14,15,16). The van der Waals surface area contributed by atoms with Gasteiger partial charge < -0.3 is 9.84 Å². The lowest BCUT2D eigenvalue weighted by Gasteiger charge is -2.04. The Morgan fingerprint density at radius 1 is 1.24 bits per heavy atom. The molecule has 90 valence electrons. The molecule has 0 aromatic carbocycles. The van der Waals surface area contributed by atoms with Crippen LogP contribution in [0.2, 0.25) is 0 Å². The van der Waals surface area contributed by atoms with Gasteiger partial charge in [0, 0.05) is 18.2 Å². The van der Waals surface area contributed by atoms with Gasteiger partial charge in [0.05, 0.1) is 0 Å². The minimum atomic E-state index is 0.567. The van der Waals surface area contributed by atoms with Gasteiger partial charge in [0.1, 0.15) is 11.6 Å². The van der Waals surface area contributed by atoms with Gasteiger partial charge in [-0.1, -0.05) is 13.8 Å². The van der Waals surface area contributed by atoms with Crippen molar-refractivity contribution in [3.8, 4) is 11.6 Å². The highest BCUT2D eigenvalue weighted by atomic mass is 16.3. The third-order valence-electron chi connectivity index (χ3n) is 2.52. The third-order valence-corrected chi connectivity index (χ3v) is 2.52. The molecule has 2 rings (SSSR count). The fraction of sp³-hybridized carbons (Fsp3) is 0.333. The van der Waals surface area contributed by atoms with E-state index in [4.69, 9.17) is 10.3 Å². The molecule has 17 heavy (non-hydrogen) atoms. The molecule has 0 saturated carbocycles. The number of nitrogens with one attached hydrogen (secondary N) is 1. The van der Waals surface area contributed by atoms with Crippen LogP contribution >= 0.6 is 0 Å². The first-order valence-corrected chi connectivity index (χ1v) is 5.70. The van der Waals surface area contributed by atoms with Crippen molar-refractivity contribution in [2.75, 3.05) is 5.43 Å². The third kappa shape index (κ3) is 2.45. The molecule has 0 saturated heterocycles. The molecule has 0 aliphatic heterocycles. The molecule has 0 fully saturated rings. The number of furan rings is 1. The van der Waals surface area contributed by atoms with Gasteiger partial charge in [0.25, 0.3) is 0 Å². The van der Waals surface area contributed by atoms with Crippen molar-refractivity contribution >= 4 is 5.82 Å². The number of nitrogen functional groups attached to an aromatic ring is 1. The molecule has 5 heteroatoms. The van der Waals surface area contributed by atoms with Gasteiger partial charge in [-0.05, 0) is 18.6 Å². The summed E-state index contributed by atoms with van der Waals surface area (Å²) in [6.07, 6.45) is 1.68. The fourth-order valence-electron chi connectivity index (χ4n) is 1.55. The van der Waals surface area contributed by atoms with Gasteiger partial charge in [0.15, 0.2) is 11.6 Å². The monoisotopic (exact) mass is 232 g/mol. The van der Waals surface area contributed by atoms with Gasteiger partial charge in [-0.25, -0.2) is 15.8 Å². The molecule has 0 unspecified atom stereocenters. The number of anilines is 1. The van der Waals surface area contributed by atoms with Crippen molar-refractivity contribution < 1.29 is 4.42 Å². The molecule has 0 bridgehead atoms. The minimum Gasteiger partial charge on any atom is -0.458 e. The molecule has 2 aromatic rings. The van der Waals surface area contributed by atoms with Crippen molar-refractivity contribution in [3.05, 3.63) is 29.7 Å². The molecule has 0 radical (unpaired) electrons. The van der Waals surface area contributed by atoms with Crippen molar-refractivity contribution in [2.45, 2.75) is 26.7 Å². The normalized spacial score (nSPS) is 10.5. The summed E-state index contributed by atoms with van der Waals surface area (Å²) in [5.74, 6) is 8.14. The second-order valence-electron chi connectivity index (χ2n) is 3.69. The first-order valence-electron chi connectivity index (χ1n) is 5.70. The van der Waals surface area contributed by atoms with Crippen molar-refractivity contribution in [2.24, 2.45) is 5.84 Å². The Morgan fingerprint density at radius 2 is 2.06 bits per heavy atom. The first-order chi connectivity index (χ1) is 8.26. The van der Waals surface area contributed by atoms with Crippen molar-refractivity contribution in [1.82, 2.24) is 9.97 Å². The average Bonchev–Trinajstić information content (AvgIpc) is 2.86. The summed E-state index contributed by atoms with van der Waals surface area (Å²) in [5, 5.41) is 0. The van der Waals surface area contributed by atoms with E-state index in [1.165, 1.54) is 0 Å². The summed E-state index contributed by atoms with van der Waals surface area (Å²) < 4.78 is 5.62. The van der Waals surface area contributed by atoms with Gasteiger partial charge in [-0.3, -0.25) is 0 Å². The Bertz CT molecular complexity index is 485.